The molecule has 4 aromatic rings. The number of amides is 1. The lowest BCUT2D eigenvalue weighted by Gasteiger charge is -2.22. The number of nitro groups is 1. The summed E-state index contributed by atoms with van der Waals surface area (Å²) in [5, 5.41) is 10.9. The second kappa shape index (κ2) is 7.92. The van der Waals surface area contributed by atoms with Gasteiger partial charge in [0.2, 0.25) is 5.89 Å². The van der Waals surface area contributed by atoms with E-state index in [1.807, 2.05) is 30.3 Å². The summed E-state index contributed by atoms with van der Waals surface area (Å²) >= 11 is 0. The minimum atomic E-state index is -0.476. The van der Waals surface area contributed by atoms with Gasteiger partial charge in [0.1, 0.15) is 11.6 Å². The smallest absolute Gasteiger partial charge is 0.269 e. The highest BCUT2D eigenvalue weighted by molar-refractivity contribution is 5.95. The van der Waals surface area contributed by atoms with Crippen LogP contribution < -0.4 is 0 Å². The number of rotatable bonds is 4. The lowest BCUT2D eigenvalue weighted by Crippen LogP contribution is -2.30. The molecule has 0 radical (unpaired) electrons. The Morgan fingerprint density at radius 1 is 1.12 bits per heavy atom. The Hall–Kier alpha value is -4.00. The van der Waals surface area contributed by atoms with Crippen molar-refractivity contribution in [3.8, 4) is 11.1 Å². The molecule has 2 heterocycles. The van der Waals surface area contributed by atoms with Gasteiger partial charge in [-0.25, -0.2) is 4.98 Å². The van der Waals surface area contributed by atoms with Crippen molar-refractivity contribution < 1.29 is 14.1 Å². The SMILES string of the molecule is Cc1ccccc1-c1ccc2oc([C@H]3CCCN3C(=O)c3ccc([N+](=O)[O-])cc3)nc2c1. The van der Waals surface area contributed by atoms with E-state index in [2.05, 4.69) is 19.1 Å². The number of carbonyl (C=O) groups excluding carboxylic acids is 1. The van der Waals surface area contributed by atoms with E-state index in [9.17, 15) is 14.9 Å². The molecular weight excluding hydrogens is 406 g/mol. The molecule has 0 unspecified atom stereocenters. The van der Waals surface area contributed by atoms with Crippen LogP contribution in [0, 0.1) is 17.0 Å². The van der Waals surface area contributed by atoms with Crippen LogP contribution in [-0.4, -0.2) is 27.3 Å². The van der Waals surface area contributed by atoms with Gasteiger partial charge in [0.15, 0.2) is 5.58 Å². The third kappa shape index (κ3) is 3.51. The number of aromatic nitrogens is 1. The van der Waals surface area contributed by atoms with E-state index in [1.165, 1.54) is 29.8 Å². The van der Waals surface area contributed by atoms with Crippen molar-refractivity contribution in [3.05, 3.63) is 93.9 Å². The Morgan fingerprint density at radius 2 is 1.91 bits per heavy atom. The van der Waals surface area contributed by atoms with Crippen molar-refractivity contribution in [2.45, 2.75) is 25.8 Å². The van der Waals surface area contributed by atoms with E-state index in [1.54, 1.807) is 4.90 Å². The van der Waals surface area contributed by atoms with Crippen molar-refractivity contribution >= 4 is 22.7 Å². The molecule has 1 amide bonds. The molecule has 7 nitrogen and oxygen atoms in total. The number of oxazole rings is 1. The average molecular weight is 427 g/mol. The summed E-state index contributed by atoms with van der Waals surface area (Å²) in [6.45, 7) is 2.67. The zero-order chi connectivity index (χ0) is 22.2. The molecule has 0 spiro atoms. The fourth-order valence-corrected chi connectivity index (χ4v) is 4.31. The fraction of sp³-hybridized carbons (Fsp3) is 0.200. The number of aryl methyl sites for hydroxylation is 1. The number of hydrogen-bond acceptors (Lipinski definition) is 5. The number of likely N-dealkylation sites (tertiary alicyclic amines) is 1. The molecule has 5 rings (SSSR count). The van der Waals surface area contributed by atoms with Gasteiger partial charge < -0.3 is 9.32 Å². The van der Waals surface area contributed by atoms with Crippen LogP contribution >= 0.6 is 0 Å². The van der Waals surface area contributed by atoms with Gasteiger partial charge >= 0.3 is 0 Å². The van der Waals surface area contributed by atoms with Crippen LogP contribution in [0.2, 0.25) is 0 Å². The molecule has 7 heteroatoms. The molecular formula is C25H21N3O4. The first kappa shape index (κ1) is 19.9. The summed E-state index contributed by atoms with van der Waals surface area (Å²) < 4.78 is 6.05. The molecule has 0 bridgehead atoms. The average Bonchev–Trinajstić information content (AvgIpc) is 3.45. The first-order chi connectivity index (χ1) is 15.5. The van der Waals surface area contributed by atoms with E-state index in [4.69, 9.17) is 9.40 Å². The van der Waals surface area contributed by atoms with Gasteiger partial charge in [-0.05, 0) is 60.7 Å². The molecule has 1 aliphatic heterocycles. The van der Waals surface area contributed by atoms with Gasteiger partial charge in [0, 0.05) is 24.2 Å². The molecule has 1 aliphatic rings. The summed E-state index contributed by atoms with van der Waals surface area (Å²) in [7, 11) is 0. The second-order valence-corrected chi connectivity index (χ2v) is 8.01. The van der Waals surface area contributed by atoms with Crippen LogP contribution in [0.15, 0.2) is 71.1 Å². The monoisotopic (exact) mass is 427 g/mol. The van der Waals surface area contributed by atoms with Crippen molar-refractivity contribution in [1.29, 1.82) is 0 Å². The molecule has 0 N–H and O–H groups in total. The van der Waals surface area contributed by atoms with Gasteiger partial charge in [-0.1, -0.05) is 30.3 Å². The van der Waals surface area contributed by atoms with Gasteiger partial charge in [-0.3, -0.25) is 14.9 Å². The van der Waals surface area contributed by atoms with Gasteiger partial charge in [0.05, 0.1) is 4.92 Å². The number of non-ortho nitro benzene ring substituents is 1. The highest BCUT2D eigenvalue weighted by Gasteiger charge is 2.34. The lowest BCUT2D eigenvalue weighted by atomic mass is 10.0. The molecule has 1 atom stereocenters. The third-order valence-corrected chi connectivity index (χ3v) is 5.98. The molecule has 32 heavy (non-hydrogen) atoms. The van der Waals surface area contributed by atoms with Crippen molar-refractivity contribution in [2.75, 3.05) is 6.54 Å². The lowest BCUT2D eigenvalue weighted by molar-refractivity contribution is -0.384. The highest BCUT2D eigenvalue weighted by Crippen LogP contribution is 2.35. The van der Waals surface area contributed by atoms with Crippen LogP contribution in [0.5, 0.6) is 0 Å². The Balaban J connectivity index is 1.44. The summed E-state index contributed by atoms with van der Waals surface area (Å²) in [6.07, 6.45) is 1.60. The Kier molecular flexibility index (Phi) is 4.93. The van der Waals surface area contributed by atoms with Crippen molar-refractivity contribution in [1.82, 2.24) is 9.88 Å². The topological polar surface area (TPSA) is 89.5 Å². The maximum absolute atomic E-state index is 13.1. The predicted octanol–water partition coefficient (Wildman–Crippen LogP) is 5.69. The molecule has 1 fully saturated rings. The molecule has 160 valence electrons. The fourth-order valence-electron chi connectivity index (χ4n) is 4.31. The van der Waals surface area contributed by atoms with Crippen LogP contribution in [0.4, 0.5) is 5.69 Å². The highest BCUT2D eigenvalue weighted by atomic mass is 16.6. The molecule has 0 saturated carbocycles. The Bertz CT molecular complexity index is 1330. The number of nitrogens with zero attached hydrogens (tertiary/aromatic N) is 3. The zero-order valence-electron chi connectivity index (χ0n) is 17.5. The molecule has 1 aromatic heterocycles. The van der Waals surface area contributed by atoms with Crippen molar-refractivity contribution in [2.24, 2.45) is 0 Å². The number of carbonyl (C=O) groups is 1. The first-order valence-corrected chi connectivity index (χ1v) is 10.5. The molecule has 1 saturated heterocycles. The standard InChI is InChI=1S/C25H21N3O4/c1-16-5-2-3-6-20(16)18-10-13-23-21(15-18)26-24(32-23)22-7-4-14-27(22)25(29)17-8-11-19(12-9-17)28(30)31/h2-3,5-6,8-13,15,22H,4,7,14H2,1H3/t22-/m1/s1. The maximum atomic E-state index is 13.1. The zero-order valence-corrected chi connectivity index (χ0v) is 17.5. The van der Waals surface area contributed by atoms with Crippen LogP contribution in [0.25, 0.3) is 22.2 Å². The summed E-state index contributed by atoms with van der Waals surface area (Å²) in [5.74, 6) is 0.347. The summed E-state index contributed by atoms with van der Waals surface area (Å²) in [6, 6.07) is 19.6. The number of fused-ring (bicyclic) bond motifs is 1. The van der Waals surface area contributed by atoms with Gasteiger partial charge in [0.25, 0.3) is 11.6 Å². The third-order valence-electron chi connectivity index (χ3n) is 5.98. The summed E-state index contributed by atoms with van der Waals surface area (Å²) in [5.41, 5.74) is 5.23. The largest absolute Gasteiger partial charge is 0.438 e. The van der Waals surface area contributed by atoms with Crippen LogP contribution in [0.3, 0.4) is 0 Å². The minimum Gasteiger partial charge on any atom is -0.438 e. The molecule has 0 aliphatic carbocycles. The quantitative estimate of drug-likeness (QED) is 0.308. The summed E-state index contributed by atoms with van der Waals surface area (Å²) in [4.78, 5) is 30.0. The molecule has 3 aromatic carbocycles. The van der Waals surface area contributed by atoms with Crippen LogP contribution in [-0.2, 0) is 0 Å². The number of hydrogen-bond donors (Lipinski definition) is 0. The number of nitro benzene ring substituents is 1. The second-order valence-electron chi connectivity index (χ2n) is 8.01. The van der Waals surface area contributed by atoms with E-state index in [0.717, 1.165) is 29.5 Å². The Labute approximate surface area is 184 Å². The van der Waals surface area contributed by atoms with Crippen molar-refractivity contribution in [3.63, 3.8) is 0 Å². The first-order valence-electron chi connectivity index (χ1n) is 10.5. The van der Waals surface area contributed by atoms with E-state index in [0.29, 0.717) is 23.6 Å². The normalized spacial score (nSPS) is 15.9. The predicted molar refractivity (Wildman–Crippen MR) is 120 cm³/mol. The van der Waals surface area contributed by atoms with E-state index in [-0.39, 0.29) is 17.6 Å². The Morgan fingerprint density at radius 3 is 2.66 bits per heavy atom. The number of benzene rings is 3. The van der Waals surface area contributed by atoms with Gasteiger partial charge in [-0.2, -0.15) is 0 Å². The maximum Gasteiger partial charge on any atom is 0.269 e. The van der Waals surface area contributed by atoms with E-state index < -0.39 is 4.92 Å². The van der Waals surface area contributed by atoms with Gasteiger partial charge in [-0.15, -0.1) is 0 Å². The van der Waals surface area contributed by atoms with E-state index >= 15 is 0 Å². The minimum absolute atomic E-state index is 0.0390. The van der Waals surface area contributed by atoms with Crippen LogP contribution in [0.1, 0.15) is 40.7 Å².